The molecule has 0 bridgehead atoms. The number of amides is 2. The minimum Gasteiger partial charge on any atom is -0.480 e. The summed E-state index contributed by atoms with van der Waals surface area (Å²) in [6.07, 6.45) is 6.38. The minimum atomic E-state index is -1.06. The number of benzene rings is 1. The maximum atomic E-state index is 12.3. The Morgan fingerprint density at radius 2 is 1.81 bits per heavy atom. The molecule has 26 heavy (non-hydrogen) atoms. The average molecular weight is 360 g/mol. The monoisotopic (exact) mass is 360 g/mol. The maximum Gasteiger partial charge on any atom is 0.326 e. The zero-order valence-electron chi connectivity index (χ0n) is 15.3. The van der Waals surface area contributed by atoms with Crippen LogP contribution in [0.15, 0.2) is 30.3 Å². The zero-order valence-corrected chi connectivity index (χ0v) is 15.3. The molecule has 2 N–H and O–H groups in total. The Kier molecular flexibility index (Phi) is 7.63. The molecule has 1 aromatic rings. The van der Waals surface area contributed by atoms with Crippen LogP contribution >= 0.6 is 0 Å². The van der Waals surface area contributed by atoms with Gasteiger partial charge in [0.05, 0.1) is 6.54 Å². The molecule has 1 saturated carbocycles. The Hall–Kier alpha value is -2.37. The summed E-state index contributed by atoms with van der Waals surface area (Å²) in [6, 6.07) is 8.24. The van der Waals surface area contributed by atoms with Gasteiger partial charge in [0.15, 0.2) is 0 Å². The first kappa shape index (κ1) is 19.9. The second-order valence-electron chi connectivity index (χ2n) is 7.03. The Bertz CT molecular complexity index is 611. The highest BCUT2D eigenvalue weighted by atomic mass is 16.4. The van der Waals surface area contributed by atoms with Crippen molar-refractivity contribution in [3.63, 3.8) is 0 Å². The SMILES string of the molecule is CN(C(=O)CNC(=O)CC1CCCCC1)C(Cc1ccccc1)C(=O)O. The van der Waals surface area contributed by atoms with Gasteiger partial charge in [-0.2, -0.15) is 0 Å². The summed E-state index contributed by atoms with van der Waals surface area (Å²) in [6.45, 7) is -0.166. The maximum absolute atomic E-state index is 12.3. The molecule has 1 aliphatic carbocycles. The van der Waals surface area contributed by atoms with Crippen molar-refractivity contribution in [2.45, 2.75) is 51.0 Å². The van der Waals surface area contributed by atoms with Crippen molar-refractivity contribution >= 4 is 17.8 Å². The van der Waals surface area contributed by atoms with E-state index in [9.17, 15) is 19.5 Å². The van der Waals surface area contributed by atoms with Gasteiger partial charge in [0, 0.05) is 19.9 Å². The Morgan fingerprint density at radius 1 is 1.15 bits per heavy atom. The van der Waals surface area contributed by atoms with Crippen LogP contribution in [0.1, 0.15) is 44.1 Å². The lowest BCUT2D eigenvalue weighted by atomic mass is 9.87. The topological polar surface area (TPSA) is 86.7 Å². The van der Waals surface area contributed by atoms with Gasteiger partial charge in [-0.05, 0) is 24.3 Å². The second kappa shape index (κ2) is 9.94. The van der Waals surface area contributed by atoms with E-state index in [2.05, 4.69) is 5.32 Å². The van der Waals surface area contributed by atoms with E-state index in [-0.39, 0.29) is 18.9 Å². The summed E-state index contributed by atoms with van der Waals surface area (Å²) < 4.78 is 0. The van der Waals surface area contributed by atoms with E-state index in [1.54, 1.807) is 0 Å². The Balaban J connectivity index is 1.83. The molecule has 1 aliphatic rings. The lowest BCUT2D eigenvalue weighted by Crippen LogP contribution is -2.47. The third kappa shape index (κ3) is 6.17. The summed E-state index contributed by atoms with van der Waals surface area (Å²) in [5, 5.41) is 12.1. The van der Waals surface area contributed by atoms with Crippen molar-refractivity contribution < 1.29 is 19.5 Å². The molecule has 2 amide bonds. The van der Waals surface area contributed by atoms with Gasteiger partial charge in [-0.25, -0.2) is 4.79 Å². The Morgan fingerprint density at radius 3 is 2.42 bits per heavy atom. The van der Waals surface area contributed by atoms with Crippen molar-refractivity contribution in [3.8, 4) is 0 Å². The predicted molar refractivity (Wildman–Crippen MR) is 98.5 cm³/mol. The number of rotatable bonds is 8. The van der Waals surface area contributed by atoms with E-state index in [0.717, 1.165) is 18.4 Å². The molecule has 0 heterocycles. The first-order valence-electron chi connectivity index (χ1n) is 9.26. The highest BCUT2D eigenvalue weighted by Crippen LogP contribution is 2.26. The summed E-state index contributed by atoms with van der Waals surface area (Å²) in [5.41, 5.74) is 0.848. The van der Waals surface area contributed by atoms with Crippen LogP contribution in [-0.4, -0.2) is 47.4 Å². The van der Waals surface area contributed by atoms with Crippen LogP contribution in [0.5, 0.6) is 0 Å². The number of carbonyl (C=O) groups excluding carboxylic acids is 2. The van der Waals surface area contributed by atoms with Crippen LogP contribution in [0.25, 0.3) is 0 Å². The highest BCUT2D eigenvalue weighted by Gasteiger charge is 2.27. The van der Waals surface area contributed by atoms with Crippen LogP contribution in [-0.2, 0) is 20.8 Å². The first-order chi connectivity index (χ1) is 12.5. The van der Waals surface area contributed by atoms with E-state index in [4.69, 9.17) is 0 Å². The van der Waals surface area contributed by atoms with Gasteiger partial charge in [0.25, 0.3) is 0 Å². The van der Waals surface area contributed by atoms with Crippen molar-refractivity contribution in [2.24, 2.45) is 5.92 Å². The number of likely N-dealkylation sites (N-methyl/N-ethyl adjacent to an activating group) is 1. The van der Waals surface area contributed by atoms with Crippen molar-refractivity contribution in [1.82, 2.24) is 10.2 Å². The van der Waals surface area contributed by atoms with Crippen molar-refractivity contribution in [3.05, 3.63) is 35.9 Å². The zero-order chi connectivity index (χ0) is 18.9. The minimum absolute atomic E-state index is 0.131. The number of nitrogens with zero attached hydrogens (tertiary/aromatic N) is 1. The van der Waals surface area contributed by atoms with E-state index in [1.165, 1.54) is 31.2 Å². The number of hydrogen-bond acceptors (Lipinski definition) is 3. The van der Waals surface area contributed by atoms with Crippen molar-refractivity contribution in [1.29, 1.82) is 0 Å². The third-order valence-corrected chi connectivity index (χ3v) is 5.05. The molecule has 6 heteroatoms. The summed E-state index contributed by atoms with van der Waals surface area (Å²) in [4.78, 5) is 37.1. The van der Waals surface area contributed by atoms with E-state index in [1.807, 2.05) is 30.3 Å². The van der Waals surface area contributed by atoms with Gasteiger partial charge in [0.1, 0.15) is 6.04 Å². The predicted octanol–water partition coefficient (Wildman–Crippen LogP) is 2.23. The molecule has 0 radical (unpaired) electrons. The van der Waals surface area contributed by atoms with Gasteiger partial charge in [0.2, 0.25) is 11.8 Å². The fraction of sp³-hybridized carbons (Fsp3) is 0.550. The number of carboxylic acid groups (broad SMARTS) is 1. The largest absolute Gasteiger partial charge is 0.480 e. The summed E-state index contributed by atoms with van der Waals surface area (Å²) >= 11 is 0. The number of nitrogens with one attached hydrogen (secondary N) is 1. The quantitative estimate of drug-likeness (QED) is 0.744. The van der Waals surface area contributed by atoms with Gasteiger partial charge in [-0.1, -0.05) is 49.6 Å². The summed E-state index contributed by atoms with van der Waals surface area (Å²) in [5.74, 6) is -1.18. The number of hydrogen-bond donors (Lipinski definition) is 2. The van der Waals surface area contributed by atoms with Crippen LogP contribution in [0.2, 0.25) is 0 Å². The number of carboxylic acids is 1. The standard InChI is InChI=1S/C20H28N2O4/c1-22(17(20(25)26)12-15-8-4-2-5-9-15)19(24)14-21-18(23)13-16-10-6-3-7-11-16/h2,4-5,8-9,16-17H,3,6-7,10-14H2,1H3,(H,21,23)(H,25,26). The van der Waals surface area contributed by atoms with Gasteiger partial charge >= 0.3 is 5.97 Å². The molecule has 1 fully saturated rings. The molecular weight excluding hydrogens is 332 g/mol. The van der Waals surface area contributed by atoms with Crippen LogP contribution in [0.3, 0.4) is 0 Å². The lowest BCUT2D eigenvalue weighted by molar-refractivity contribution is -0.148. The van der Waals surface area contributed by atoms with Crippen LogP contribution < -0.4 is 5.32 Å². The molecular formula is C20H28N2O4. The molecule has 0 saturated heterocycles. The molecule has 6 nitrogen and oxygen atoms in total. The Labute approximate surface area is 154 Å². The van der Waals surface area contributed by atoms with Crippen LogP contribution in [0, 0.1) is 5.92 Å². The number of aliphatic carboxylic acids is 1. The first-order valence-corrected chi connectivity index (χ1v) is 9.26. The van der Waals surface area contributed by atoms with E-state index in [0.29, 0.717) is 12.3 Å². The van der Waals surface area contributed by atoms with E-state index >= 15 is 0 Å². The molecule has 1 aromatic carbocycles. The molecule has 1 unspecified atom stereocenters. The fourth-order valence-electron chi connectivity index (χ4n) is 3.43. The number of carbonyl (C=O) groups is 3. The van der Waals surface area contributed by atoms with Crippen LogP contribution in [0.4, 0.5) is 0 Å². The molecule has 1 atom stereocenters. The fourth-order valence-corrected chi connectivity index (χ4v) is 3.43. The van der Waals surface area contributed by atoms with Gasteiger partial charge < -0.3 is 15.3 Å². The summed E-state index contributed by atoms with van der Waals surface area (Å²) in [7, 11) is 1.47. The van der Waals surface area contributed by atoms with Gasteiger partial charge in [-0.15, -0.1) is 0 Å². The molecule has 0 aliphatic heterocycles. The molecule has 142 valence electrons. The smallest absolute Gasteiger partial charge is 0.326 e. The second-order valence-corrected chi connectivity index (χ2v) is 7.03. The van der Waals surface area contributed by atoms with Crippen molar-refractivity contribution in [2.75, 3.05) is 13.6 Å². The normalized spacial score (nSPS) is 15.9. The molecule has 0 aromatic heterocycles. The lowest BCUT2D eigenvalue weighted by Gasteiger charge is -2.25. The van der Waals surface area contributed by atoms with Gasteiger partial charge in [-0.3, -0.25) is 9.59 Å². The highest BCUT2D eigenvalue weighted by molar-refractivity contribution is 5.88. The van der Waals surface area contributed by atoms with E-state index < -0.39 is 17.9 Å². The molecule has 0 spiro atoms. The molecule has 2 rings (SSSR count). The third-order valence-electron chi connectivity index (χ3n) is 5.05. The average Bonchev–Trinajstić information content (AvgIpc) is 2.65.